The average Bonchev–Trinajstić information content (AvgIpc) is 3.25. The van der Waals surface area contributed by atoms with Crippen molar-refractivity contribution >= 4 is 12.0 Å². The molecule has 2 aromatic carbocycles. The molecule has 7 heteroatoms. The second kappa shape index (κ2) is 9.09. The fourth-order valence-corrected chi connectivity index (χ4v) is 3.65. The SMILES string of the molecule is COc1ccc(/C=C/C(=O)N2CCN(Cc3ccc4c(c3)OCO4)CC2)cc1OC. The van der Waals surface area contributed by atoms with Crippen molar-refractivity contribution < 1.29 is 23.7 Å². The molecular weight excluding hydrogens is 384 g/mol. The number of nitrogens with zero attached hydrogens (tertiary/aromatic N) is 2. The lowest BCUT2D eigenvalue weighted by Gasteiger charge is -2.34. The Morgan fingerprint density at radius 3 is 2.50 bits per heavy atom. The lowest BCUT2D eigenvalue weighted by atomic mass is 10.1. The molecule has 0 aromatic heterocycles. The summed E-state index contributed by atoms with van der Waals surface area (Å²) in [7, 11) is 3.20. The summed E-state index contributed by atoms with van der Waals surface area (Å²) in [5.74, 6) is 2.94. The van der Waals surface area contributed by atoms with Gasteiger partial charge in [0.05, 0.1) is 14.2 Å². The topological polar surface area (TPSA) is 60.5 Å². The van der Waals surface area contributed by atoms with Gasteiger partial charge in [-0.2, -0.15) is 0 Å². The molecule has 2 aliphatic heterocycles. The number of carbonyl (C=O) groups is 1. The summed E-state index contributed by atoms with van der Waals surface area (Å²) >= 11 is 0. The summed E-state index contributed by atoms with van der Waals surface area (Å²) in [5.41, 5.74) is 2.08. The molecule has 4 rings (SSSR count). The summed E-state index contributed by atoms with van der Waals surface area (Å²) < 4.78 is 21.4. The van der Waals surface area contributed by atoms with Gasteiger partial charge in [-0.05, 0) is 41.5 Å². The van der Waals surface area contributed by atoms with E-state index in [0.29, 0.717) is 24.6 Å². The van der Waals surface area contributed by atoms with E-state index >= 15 is 0 Å². The van der Waals surface area contributed by atoms with Crippen molar-refractivity contribution in [2.24, 2.45) is 0 Å². The number of ether oxygens (including phenoxy) is 4. The van der Waals surface area contributed by atoms with Crippen molar-refractivity contribution in [2.75, 3.05) is 47.2 Å². The minimum Gasteiger partial charge on any atom is -0.493 e. The standard InChI is InChI=1S/C23H26N2O5/c1-27-19-6-3-17(13-21(19)28-2)5-8-23(26)25-11-9-24(10-12-25)15-18-4-7-20-22(14-18)30-16-29-20/h3-8,13-14H,9-12,15-16H2,1-2H3/b8-5+. The van der Waals surface area contributed by atoms with Crippen LogP contribution in [0.3, 0.4) is 0 Å². The third-order valence-electron chi connectivity index (χ3n) is 5.35. The zero-order valence-electron chi connectivity index (χ0n) is 17.3. The van der Waals surface area contributed by atoms with Gasteiger partial charge in [0, 0.05) is 38.8 Å². The molecule has 2 aromatic rings. The van der Waals surface area contributed by atoms with Crippen LogP contribution in [-0.2, 0) is 11.3 Å². The largest absolute Gasteiger partial charge is 0.493 e. The summed E-state index contributed by atoms with van der Waals surface area (Å²) in [5, 5.41) is 0. The maximum atomic E-state index is 12.6. The van der Waals surface area contributed by atoms with Crippen molar-refractivity contribution in [3.63, 3.8) is 0 Å². The molecule has 0 aliphatic carbocycles. The summed E-state index contributed by atoms with van der Waals surface area (Å²) in [6, 6.07) is 11.6. The van der Waals surface area contributed by atoms with Gasteiger partial charge in [0.15, 0.2) is 23.0 Å². The fraction of sp³-hybridized carbons (Fsp3) is 0.348. The Hall–Kier alpha value is -3.19. The zero-order chi connectivity index (χ0) is 20.9. The van der Waals surface area contributed by atoms with Crippen molar-refractivity contribution in [1.82, 2.24) is 9.80 Å². The minimum atomic E-state index is 0.0208. The number of rotatable bonds is 6. The minimum absolute atomic E-state index is 0.0208. The first-order valence-corrected chi connectivity index (χ1v) is 9.96. The Bertz CT molecular complexity index is 935. The Balaban J connectivity index is 1.29. The van der Waals surface area contributed by atoms with E-state index in [4.69, 9.17) is 18.9 Å². The van der Waals surface area contributed by atoms with Gasteiger partial charge in [0.1, 0.15) is 0 Å². The molecule has 1 saturated heterocycles. The molecule has 0 saturated carbocycles. The predicted octanol–water partition coefficient (Wildman–Crippen LogP) is 2.79. The molecule has 7 nitrogen and oxygen atoms in total. The zero-order valence-corrected chi connectivity index (χ0v) is 17.3. The molecule has 30 heavy (non-hydrogen) atoms. The molecule has 0 spiro atoms. The van der Waals surface area contributed by atoms with Gasteiger partial charge in [0.2, 0.25) is 12.7 Å². The predicted molar refractivity (Wildman–Crippen MR) is 113 cm³/mol. The van der Waals surface area contributed by atoms with E-state index in [1.54, 1.807) is 20.3 Å². The summed E-state index contributed by atoms with van der Waals surface area (Å²) in [4.78, 5) is 16.8. The Morgan fingerprint density at radius 2 is 1.73 bits per heavy atom. The smallest absolute Gasteiger partial charge is 0.246 e. The van der Waals surface area contributed by atoms with Gasteiger partial charge in [-0.25, -0.2) is 0 Å². The molecule has 0 N–H and O–H groups in total. The molecule has 0 bridgehead atoms. The van der Waals surface area contributed by atoms with E-state index in [1.807, 2.05) is 41.3 Å². The van der Waals surface area contributed by atoms with Crippen LogP contribution < -0.4 is 18.9 Å². The van der Waals surface area contributed by atoms with Crippen LogP contribution in [0.25, 0.3) is 6.08 Å². The number of piperazine rings is 1. The van der Waals surface area contributed by atoms with E-state index in [2.05, 4.69) is 11.0 Å². The van der Waals surface area contributed by atoms with E-state index in [9.17, 15) is 4.79 Å². The van der Waals surface area contributed by atoms with Crippen molar-refractivity contribution in [3.8, 4) is 23.0 Å². The van der Waals surface area contributed by atoms with Crippen LogP contribution in [0.5, 0.6) is 23.0 Å². The van der Waals surface area contributed by atoms with Crippen LogP contribution in [0, 0.1) is 0 Å². The molecule has 1 amide bonds. The number of fused-ring (bicyclic) bond motifs is 1. The summed E-state index contributed by atoms with van der Waals surface area (Å²) in [6.07, 6.45) is 3.43. The van der Waals surface area contributed by atoms with Gasteiger partial charge in [-0.1, -0.05) is 12.1 Å². The lowest BCUT2D eigenvalue weighted by Crippen LogP contribution is -2.47. The number of amides is 1. The second-order valence-corrected chi connectivity index (χ2v) is 7.24. The second-order valence-electron chi connectivity index (χ2n) is 7.24. The van der Waals surface area contributed by atoms with Crippen LogP contribution in [0.15, 0.2) is 42.5 Å². The quantitative estimate of drug-likeness (QED) is 0.683. The van der Waals surface area contributed by atoms with E-state index < -0.39 is 0 Å². The number of methoxy groups -OCH3 is 2. The molecule has 158 valence electrons. The van der Waals surface area contributed by atoms with E-state index in [-0.39, 0.29) is 12.7 Å². The van der Waals surface area contributed by atoms with Gasteiger partial charge in [-0.15, -0.1) is 0 Å². The van der Waals surface area contributed by atoms with Gasteiger partial charge < -0.3 is 23.8 Å². The van der Waals surface area contributed by atoms with E-state index in [0.717, 1.165) is 36.7 Å². The Kier molecular flexibility index (Phi) is 6.09. The van der Waals surface area contributed by atoms with Crippen LogP contribution in [-0.4, -0.2) is 62.9 Å². The average molecular weight is 410 g/mol. The van der Waals surface area contributed by atoms with Crippen molar-refractivity contribution in [2.45, 2.75) is 6.54 Å². The van der Waals surface area contributed by atoms with Crippen LogP contribution >= 0.6 is 0 Å². The monoisotopic (exact) mass is 410 g/mol. The van der Waals surface area contributed by atoms with Gasteiger partial charge >= 0.3 is 0 Å². The molecule has 2 aliphatic rings. The van der Waals surface area contributed by atoms with Gasteiger partial charge in [-0.3, -0.25) is 9.69 Å². The molecule has 0 radical (unpaired) electrons. The highest BCUT2D eigenvalue weighted by Gasteiger charge is 2.21. The molecule has 0 atom stereocenters. The number of benzene rings is 2. The number of carbonyl (C=O) groups excluding carboxylic acids is 1. The summed E-state index contributed by atoms with van der Waals surface area (Å²) in [6.45, 7) is 4.21. The van der Waals surface area contributed by atoms with Crippen LogP contribution in [0.2, 0.25) is 0 Å². The molecule has 2 heterocycles. The molecule has 1 fully saturated rings. The fourth-order valence-electron chi connectivity index (χ4n) is 3.65. The first-order chi connectivity index (χ1) is 14.7. The third kappa shape index (κ3) is 4.52. The van der Waals surface area contributed by atoms with Crippen LogP contribution in [0.4, 0.5) is 0 Å². The normalized spacial score (nSPS) is 16.1. The number of hydrogen-bond donors (Lipinski definition) is 0. The van der Waals surface area contributed by atoms with Gasteiger partial charge in [0.25, 0.3) is 0 Å². The highest BCUT2D eigenvalue weighted by atomic mass is 16.7. The highest BCUT2D eigenvalue weighted by Crippen LogP contribution is 2.33. The third-order valence-corrected chi connectivity index (χ3v) is 5.35. The maximum Gasteiger partial charge on any atom is 0.246 e. The van der Waals surface area contributed by atoms with Crippen LogP contribution in [0.1, 0.15) is 11.1 Å². The number of hydrogen-bond acceptors (Lipinski definition) is 6. The Morgan fingerprint density at radius 1 is 0.967 bits per heavy atom. The highest BCUT2D eigenvalue weighted by molar-refractivity contribution is 5.92. The lowest BCUT2D eigenvalue weighted by molar-refractivity contribution is -0.127. The van der Waals surface area contributed by atoms with E-state index in [1.165, 1.54) is 5.56 Å². The molecular formula is C23H26N2O5. The van der Waals surface area contributed by atoms with Crippen molar-refractivity contribution in [1.29, 1.82) is 0 Å². The van der Waals surface area contributed by atoms with Crippen molar-refractivity contribution in [3.05, 3.63) is 53.6 Å². The maximum absolute atomic E-state index is 12.6. The Labute approximate surface area is 176 Å². The first-order valence-electron chi connectivity index (χ1n) is 9.96. The molecule has 0 unspecified atom stereocenters. The first kappa shape index (κ1) is 20.1.